The van der Waals surface area contributed by atoms with Crippen LogP contribution in [0.5, 0.6) is 0 Å². The summed E-state index contributed by atoms with van der Waals surface area (Å²) < 4.78 is 16.7. The Bertz CT molecular complexity index is 1140. The highest BCUT2D eigenvalue weighted by Gasteiger charge is 2.19. The molecule has 0 aromatic rings. The number of esters is 3. The Balaban J connectivity index is 4.46. The summed E-state index contributed by atoms with van der Waals surface area (Å²) in [6, 6.07) is 0. The molecule has 0 heterocycles. The molecule has 0 rings (SSSR count). The molecule has 0 fully saturated rings. The van der Waals surface area contributed by atoms with Crippen molar-refractivity contribution in [2.45, 2.75) is 207 Å². The van der Waals surface area contributed by atoms with Crippen molar-refractivity contribution in [2.75, 3.05) is 13.2 Å². The summed E-state index contributed by atoms with van der Waals surface area (Å²) in [5.74, 6) is -0.944. The molecule has 6 heteroatoms. The maximum Gasteiger partial charge on any atom is 0.306 e. The Morgan fingerprint density at radius 2 is 0.684 bits per heavy atom. The van der Waals surface area contributed by atoms with Gasteiger partial charge >= 0.3 is 17.9 Å². The molecule has 0 aliphatic carbocycles. The van der Waals surface area contributed by atoms with Crippen molar-refractivity contribution in [2.24, 2.45) is 0 Å². The molecule has 0 saturated heterocycles. The predicted octanol–water partition coefficient (Wildman–Crippen LogP) is 14.9. The Labute approximate surface area is 350 Å². The molecule has 1 unspecified atom stereocenters. The lowest BCUT2D eigenvalue weighted by molar-refractivity contribution is -0.167. The third-order valence-electron chi connectivity index (χ3n) is 9.55. The van der Waals surface area contributed by atoms with Crippen LogP contribution in [0.4, 0.5) is 0 Å². The molecule has 324 valence electrons. The summed E-state index contributed by atoms with van der Waals surface area (Å²) in [4.78, 5) is 37.8. The largest absolute Gasteiger partial charge is 0.462 e. The van der Waals surface area contributed by atoms with Gasteiger partial charge in [-0.2, -0.15) is 0 Å². The second-order valence-corrected chi connectivity index (χ2v) is 15.1. The van der Waals surface area contributed by atoms with Crippen LogP contribution in [-0.2, 0) is 28.6 Å². The molecular weight excluding hydrogens is 709 g/mol. The van der Waals surface area contributed by atoms with Gasteiger partial charge in [0.25, 0.3) is 0 Å². The third kappa shape index (κ3) is 43.6. The lowest BCUT2D eigenvalue weighted by Gasteiger charge is -2.18. The number of carbonyl (C=O) groups excluding carboxylic acids is 3. The fraction of sp³-hybridized carbons (Fsp3) is 0.667. The van der Waals surface area contributed by atoms with E-state index < -0.39 is 6.10 Å². The van der Waals surface area contributed by atoms with Gasteiger partial charge < -0.3 is 14.2 Å². The highest BCUT2D eigenvalue weighted by atomic mass is 16.6. The molecule has 0 N–H and O–H groups in total. The van der Waals surface area contributed by atoms with Gasteiger partial charge in [-0.3, -0.25) is 14.4 Å². The third-order valence-corrected chi connectivity index (χ3v) is 9.55. The molecule has 0 aliphatic rings. The lowest BCUT2D eigenvalue weighted by Crippen LogP contribution is -2.30. The van der Waals surface area contributed by atoms with E-state index in [1.807, 2.05) is 24.3 Å². The lowest BCUT2D eigenvalue weighted by atomic mass is 10.1. The molecule has 0 bridgehead atoms. The fourth-order valence-corrected chi connectivity index (χ4v) is 6.10. The normalized spacial score (nSPS) is 12.8. The van der Waals surface area contributed by atoms with E-state index in [1.165, 1.54) is 51.4 Å². The van der Waals surface area contributed by atoms with Gasteiger partial charge in [-0.25, -0.2) is 0 Å². The second kappa shape index (κ2) is 45.3. The van der Waals surface area contributed by atoms with Gasteiger partial charge in [0, 0.05) is 19.3 Å². The van der Waals surface area contributed by atoms with Crippen molar-refractivity contribution in [1.82, 2.24) is 0 Å². The van der Waals surface area contributed by atoms with Crippen molar-refractivity contribution in [1.29, 1.82) is 0 Å². The van der Waals surface area contributed by atoms with Crippen LogP contribution in [0.3, 0.4) is 0 Å². The van der Waals surface area contributed by atoms with Crippen molar-refractivity contribution in [3.63, 3.8) is 0 Å². The van der Waals surface area contributed by atoms with Gasteiger partial charge in [0.05, 0.1) is 0 Å². The second-order valence-electron chi connectivity index (χ2n) is 15.1. The minimum Gasteiger partial charge on any atom is -0.462 e. The molecule has 0 aromatic carbocycles. The molecule has 6 nitrogen and oxygen atoms in total. The van der Waals surface area contributed by atoms with Crippen LogP contribution in [0.2, 0.25) is 0 Å². The van der Waals surface area contributed by atoms with E-state index in [0.717, 1.165) is 109 Å². The Hall–Kier alpha value is -3.41. The van der Waals surface area contributed by atoms with E-state index in [2.05, 4.69) is 81.5 Å². The molecule has 57 heavy (non-hydrogen) atoms. The molecule has 0 spiro atoms. The molecule has 1 atom stereocenters. The van der Waals surface area contributed by atoms with Crippen LogP contribution in [0.25, 0.3) is 0 Å². The minimum atomic E-state index is -0.794. The quantitative estimate of drug-likeness (QED) is 0.0266. The van der Waals surface area contributed by atoms with Gasteiger partial charge in [0.2, 0.25) is 0 Å². The number of hydrogen-bond donors (Lipinski definition) is 0. The van der Waals surface area contributed by atoms with Gasteiger partial charge in [-0.1, -0.05) is 209 Å². The first-order valence-corrected chi connectivity index (χ1v) is 23.2. The Morgan fingerprint density at radius 1 is 0.368 bits per heavy atom. The summed E-state index contributed by atoms with van der Waals surface area (Å²) >= 11 is 0. The van der Waals surface area contributed by atoms with Crippen LogP contribution in [0.1, 0.15) is 201 Å². The first kappa shape index (κ1) is 53.6. The maximum atomic E-state index is 12.7. The van der Waals surface area contributed by atoms with Gasteiger partial charge in [0.15, 0.2) is 6.10 Å². The average molecular weight is 793 g/mol. The van der Waals surface area contributed by atoms with E-state index in [0.29, 0.717) is 19.3 Å². The zero-order valence-electron chi connectivity index (χ0n) is 36.8. The van der Waals surface area contributed by atoms with Crippen molar-refractivity contribution < 1.29 is 28.6 Å². The topological polar surface area (TPSA) is 78.9 Å². The van der Waals surface area contributed by atoms with Crippen LogP contribution in [0, 0.1) is 0 Å². The summed E-state index contributed by atoms with van der Waals surface area (Å²) in [6.45, 7) is 6.30. The SMILES string of the molecule is CC\C=C/C=C\C=C/C=C\CCCCCCCC(=O)OCC(COC(=O)CCCCCCCCCCCCC)OC(=O)CCCCCCC\C=C/C=C\C=C/CC. The summed E-state index contributed by atoms with van der Waals surface area (Å²) in [5.41, 5.74) is 0. The molecule has 0 amide bonds. The smallest absolute Gasteiger partial charge is 0.306 e. The summed E-state index contributed by atoms with van der Waals surface area (Å²) in [5, 5.41) is 0. The Morgan fingerprint density at radius 3 is 1.07 bits per heavy atom. The Kier molecular flexibility index (Phi) is 42.6. The van der Waals surface area contributed by atoms with Gasteiger partial charge in [0.1, 0.15) is 13.2 Å². The number of ether oxygens (including phenoxy) is 3. The summed E-state index contributed by atoms with van der Waals surface area (Å²) in [6.07, 6.45) is 57.0. The molecular formula is C51H84O6. The predicted molar refractivity (Wildman–Crippen MR) is 242 cm³/mol. The number of rotatable bonds is 40. The summed E-state index contributed by atoms with van der Waals surface area (Å²) in [7, 11) is 0. The minimum absolute atomic E-state index is 0.0925. The van der Waals surface area contributed by atoms with Crippen molar-refractivity contribution in [3.8, 4) is 0 Å². The molecule has 0 aromatic heterocycles. The van der Waals surface area contributed by atoms with Gasteiger partial charge in [-0.15, -0.1) is 0 Å². The monoisotopic (exact) mass is 793 g/mol. The average Bonchev–Trinajstić information content (AvgIpc) is 3.21. The highest BCUT2D eigenvalue weighted by Crippen LogP contribution is 2.14. The van der Waals surface area contributed by atoms with Crippen LogP contribution < -0.4 is 0 Å². The number of hydrogen-bond acceptors (Lipinski definition) is 6. The zero-order valence-corrected chi connectivity index (χ0v) is 36.8. The first-order chi connectivity index (χ1) is 28.0. The van der Waals surface area contributed by atoms with E-state index in [4.69, 9.17) is 14.2 Å². The van der Waals surface area contributed by atoms with Crippen molar-refractivity contribution in [3.05, 3.63) is 85.1 Å². The fourth-order valence-electron chi connectivity index (χ4n) is 6.10. The van der Waals surface area contributed by atoms with E-state index in [9.17, 15) is 14.4 Å². The van der Waals surface area contributed by atoms with Gasteiger partial charge in [-0.05, 0) is 57.8 Å². The first-order valence-electron chi connectivity index (χ1n) is 23.2. The molecule has 0 saturated carbocycles. The highest BCUT2D eigenvalue weighted by molar-refractivity contribution is 5.71. The van der Waals surface area contributed by atoms with Crippen LogP contribution in [0.15, 0.2) is 85.1 Å². The standard InChI is InChI=1S/C51H84O6/c1-4-7-10-13-16-19-22-24-25-27-29-32-35-38-41-44-50(53)56-47-48(46-55-49(52)43-40-37-34-31-28-21-18-15-12-9-6-3)57-51(54)45-42-39-36-33-30-26-23-20-17-14-11-8-5-2/h7-8,10-11,13-14,16-17,19-20,22-25,48H,4-6,9,12,15,18,21,26-47H2,1-3H3/b10-7-,11-8-,16-13-,17-14-,22-19-,23-20-,25-24-. The molecule has 0 aliphatic heterocycles. The van der Waals surface area contributed by atoms with E-state index in [-0.39, 0.29) is 31.1 Å². The number of unbranched alkanes of at least 4 members (excludes halogenated alkanes) is 20. The van der Waals surface area contributed by atoms with Crippen LogP contribution in [-0.4, -0.2) is 37.2 Å². The molecule has 0 radical (unpaired) electrons. The number of carbonyl (C=O) groups is 3. The van der Waals surface area contributed by atoms with Crippen LogP contribution >= 0.6 is 0 Å². The van der Waals surface area contributed by atoms with E-state index >= 15 is 0 Å². The zero-order chi connectivity index (χ0) is 41.5. The van der Waals surface area contributed by atoms with E-state index in [1.54, 1.807) is 0 Å². The number of allylic oxidation sites excluding steroid dienone is 14. The van der Waals surface area contributed by atoms with Crippen molar-refractivity contribution >= 4 is 17.9 Å². The maximum absolute atomic E-state index is 12.7.